The van der Waals surface area contributed by atoms with Gasteiger partial charge in [-0.05, 0) is 31.9 Å². The largest absolute Gasteiger partial charge is 0.390 e. The summed E-state index contributed by atoms with van der Waals surface area (Å²) in [6.45, 7) is 2.90. The second-order valence-electron chi connectivity index (χ2n) is 4.86. The number of carbonyl (C=O) groups excluding carboxylic acids is 1. The van der Waals surface area contributed by atoms with Gasteiger partial charge in [0.15, 0.2) is 0 Å². The van der Waals surface area contributed by atoms with Gasteiger partial charge in [0, 0.05) is 19.3 Å². The number of aliphatic hydroxyl groups is 1. The van der Waals surface area contributed by atoms with Crippen LogP contribution in [0.5, 0.6) is 0 Å². The Kier molecular flexibility index (Phi) is 3.49. The lowest BCUT2D eigenvalue weighted by Gasteiger charge is -2.35. The molecule has 0 aromatic carbocycles. The first-order valence-electron chi connectivity index (χ1n) is 5.96. The Morgan fingerprint density at radius 2 is 2.22 bits per heavy atom. The standard InChI is InChI=1S/C12H18N4O2/c1-12(18)3-6-16(7-4-12)11(17)10-8-9(15-13)2-5-14-10/h2,5,8,18H,3-4,6-7,13H2,1H3,(H,14,15). The predicted molar refractivity (Wildman–Crippen MR) is 67.8 cm³/mol. The van der Waals surface area contributed by atoms with Gasteiger partial charge in [0.2, 0.25) is 0 Å². The van der Waals surface area contributed by atoms with Gasteiger partial charge in [0.1, 0.15) is 5.69 Å². The number of piperidine rings is 1. The zero-order chi connectivity index (χ0) is 13.2. The molecule has 1 saturated heterocycles. The topological polar surface area (TPSA) is 91.5 Å². The van der Waals surface area contributed by atoms with E-state index in [1.165, 1.54) is 0 Å². The predicted octanol–water partition coefficient (Wildman–Crippen LogP) is 0.354. The molecule has 18 heavy (non-hydrogen) atoms. The molecule has 0 unspecified atom stereocenters. The summed E-state index contributed by atoms with van der Waals surface area (Å²) < 4.78 is 0. The fraction of sp³-hybridized carbons (Fsp3) is 0.500. The number of rotatable bonds is 2. The third-order valence-electron chi connectivity index (χ3n) is 3.27. The lowest BCUT2D eigenvalue weighted by atomic mass is 9.94. The molecule has 6 heteroatoms. The van der Waals surface area contributed by atoms with Gasteiger partial charge in [0.05, 0.1) is 11.3 Å². The van der Waals surface area contributed by atoms with Crippen molar-refractivity contribution in [1.29, 1.82) is 0 Å². The Balaban J connectivity index is 2.07. The molecule has 0 atom stereocenters. The van der Waals surface area contributed by atoms with Gasteiger partial charge < -0.3 is 15.4 Å². The average molecular weight is 250 g/mol. The van der Waals surface area contributed by atoms with Crippen LogP contribution in [-0.4, -0.2) is 39.6 Å². The summed E-state index contributed by atoms with van der Waals surface area (Å²) in [6.07, 6.45) is 2.73. The minimum absolute atomic E-state index is 0.123. The molecule has 1 aromatic heterocycles. The molecule has 1 aromatic rings. The zero-order valence-electron chi connectivity index (χ0n) is 10.4. The number of likely N-dealkylation sites (tertiary alicyclic amines) is 1. The average Bonchev–Trinajstić information content (AvgIpc) is 2.38. The monoisotopic (exact) mass is 250 g/mol. The molecule has 0 spiro atoms. The Labute approximate surface area is 106 Å². The van der Waals surface area contributed by atoms with Crippen molar-refractivity contribution in [2.24, 2.45) is 5.84 Å². The van der Waals surface area contributed by atoms with Gasteiger partial charge in [0.25, 0.3) is 5.91 Å². The number of pyridine rings is 1. The number of hydrogen-bond acceptors (Lipinski definition) is 5. The van der Waals surface area contributed by atoms with E-state index in [9.17, 15) is 9.90 Å². The van der Waals surface area contributed by atoms with E-state index >= 15 is 0 Å². The van der Waals surface area contributed by atoms with E-state index in [4.69, 9.17) is 5.84 Å². The fourth-order valence-corrected chi connectivity index (χ4v) is 1.99. The molecule has 0 radical (unpaired) electrons. The van der Waals surface area contributed by atoms with E-state index in [0.29, 0.717) is 37.3 Å². The Bertz CT molecular complexity index is 437. The maximum Gasteiger partial charge on any atom is 0.272 e. The van der Waals surface area contributed by atoms with Crippen molar-refractivity contribution in [2.75, 3.05) is 18.5 Å². The first-order chi connectivity index (χ1) is 8.52. The summed E-state index contributed by atoms with van der Waals surface area (Å²) >= 11 is 0. The molecule has 1 amide bonds. The highest BCUT2D eigenvalue weighted by molar-refractivity contribution is 5.93. The van der Waals surface area contributed by atoms with E-state index in [-0.39, 0.29) is 5.91 Å². The lowest BCUT2D eigenvalue weighted by Crippen LogP contribution is -2.45. The molecule has 0 saturated carbocycles. The molecule has 1 fully saturated rings. The van der Waals surface area contributed by atoms with Crippen molar-refractivity contribution in [3.8, 4) is 0 Å². The van der Waals surface area contributed by atoms with Crippen LogP contribution in [-0.2, 0) is 0 Å². The number of nitrogens with zero attached hydrogens (tertiary/aromatic N) is 2. The highest BCUT2D eigenvalue weighted by atomic mass is 16.3. The van der Waals surface area contributed by atoms with Gasteiger partial charge in [-0.1, -0.05) is 0 Å². The van der Waals surface area contributed by atoms with Crippen LogP contribution in [0.2, 0.25) is 0 Å². The molecular formula is C12H18N4O2. The van der Waals surface area contributed by atoms with Crippen LogP contribution in [0, 0.1) is 0 Å². The quantitative estimate of drug-likeness (QED) is 0.520. The third kappa shape index (κ3) is 2.77. The van der Waals surface area contributed by atoms with Gasteiger partial charge in [-0.3, -0.25) is 15.6 Å². The van der Waals surface area contributed by atoms with Crippen LogP contribution in [0.15, 0.2) is 18.3 Å². The van der Waals surface area contributed by atoms with E-state index in [0.717, 1.165) is 0 Å². The highest BCUT2D eigenvalue weighted by Crippen LogP contribution is 2.22. The minimum atomic E-state index is -0.662. The number of hydrogen-bond donors (Lipinski definition) is 3. The highest BCUT2D eigenvalue weighted by Gasteiger charge is 2.30. The number of anilines is 1. The number of nitrogen functional groups attached to an aromatic ring is 1. The number of nitrogens with one attached hydrogen (secondary N) is 1. The summed E-state index contributed by atoms with van der Waals surface area (Å²) in [4.78, 5) is 18.0. The Morgan fingerprint density at radius 1 is 1.56 bits per heavy atom. The first-order valence-corrected chi connectivity index (χ1v) is 5.96. The van der Waals surface area contributed by atoms with Crippen molar-refractivity contribution in [2.45, 2.75) is 25.4 Å². The Morgan fingerprint density at radius 3 is 2.83 bits per heavy atom. The van der Waals surface area contributed by atoms with E-state index in [1.807, 2.05) is 0 Å². The van der Waals surface area contributed by atoms with Crippen molar-refractivity contribution in [1.82, 2.24) is 9.88 Å². The molecule has 1 aliphatic rings. The second kappa shape index (κ2) is 4.91. The van der Waals surface area contributed by atoms with E-state index in [2.05, 4.69) is 10.4 Å². The third-order valence-corrected chi connectivity index (χ3v) is 3.27. The summed E-state index contributed by atoms with van der Waals surface area (Å²) in [5.74, 6) is 5.17. The lowest BCUT2D eigenvalue weighted by molar-refractivity contribution is -0.00219. The summed E-state index contributed by atoms with van der Waals surface area (Å²) in [5.41, 5.74) is 2.84. The van der Waals surface area contributed by atoms with Gasteiger partial charge in [-0.25, -0.2) is 0 Å². The van der Waals surface area contributed by atoms with Crippen molar-refractivity contribution in [3.63, 3.8) is 0 Å². The van der Waals surface area contributed by atoms with Crippen molar-refractivity contribution in [3.05, 3.63) is 24.0 Å². The maximum atomic E-state index is 12.2. The molecule has 1 aliphatic heterocycles. The smallest absolute Gasteiger partial charge is 0.272 e. The second-order valence-corrected chi connectivity index (χ2v) is 4.86. The van der Waals surface area contributed by atoms with Crippen LogP contribution in [0.4, 0.5) is 5.69 Å². The Hall–Kier alpha value is -1.66. The SMILES string of the molecule is CC1(O)CCN(C(=O)c2cc(NN)ccn2)CC1. The van der Waals surface area contributed by atoms with E-state index < -0.39 is 5.60 Å². The van der Waals surface area contributed by atoms with E-state index in [1.54, 1.807) is 30.2 Å². The van der Waals surface area contributed by atoms with Gasteiger partial charge in [-0.2, -0.15) is 0 Å². The summed E-state index contributed by atoms with van der Waals surface area (Å²) in [6, 6.07) is 3.31. The first kappa shape index (κ1) is 12.8. The molecule has 0 aliphatic carbocycles. The van der Waals surface area contributed by atoms with Gasteiger partial charge >= 0.3 is 0 Å². The minimum Gasteiger partial charge on any atom is -0.390 e. The molecule has 98 valence electrons. The normalized spacial score (nSPS) is 18.5. The molecule has 2 heterocycles. The van der Waals surface area contributed by atoms with Crippen LogP contribution in [0.3, 0.4) is 0 Å². The zero-order valence-corrected chi connectivity index (χ0v) is 10.4. The van der Waals surface area contributed by atoms with Crippen LogP contribution >= 0.6 is 0 Å². The summed E-state index contributed by atoms with van der Waals surface area (Å²) in [5, 5.41) is 9.85. The molecule has 0 bridgehead atoms. The number of hydrazine groups is 1. The number of carbonyl (C=O) groups is 1. The van der Waals surface area contributed by atoms with Crippen LogP contribution in [0.1, 0.15) is 30.3 Å². The molecule has 2 rings (SSSR count). The molecule has 6 nitrogen and oxygen atoms in total. The number of amides is 1. The van der Waals surface area contributed by atoms with Gasteiger partial charge in [-0.15, -0.1) is 0 Å². The van der Waals surface area contributed by atoms with Crippen molar-refractivity contribution < 1.29 is 9.90 Å². The van der Waals surface area contributed by atoms with Crippen LogP contribution < -0.4 is 11.3 Å². The van der Waals surface area contributed by atoms with Crippen LogP contribution in [0.25, 0.3) is 0 Å². The number of aromatic nitrogens is 1. The summed E-state index contributed by atoms with van der Waals surface area (Å²) in [7, 11) is 0. The fourth-order valence-electron chi connectivity index (χ4n) is 1.99. The maximum absolute atomic E-state index is 12.2. The van der Waals surface area contributed by atoms with Crippen molar-refractivity contribution >= 4 is 11.6 Å². The number of nitrogens with two attached hydrogens (primary N) is 1. The molecule has 4 N–H and O–H groups in total. The molecular weight excluding hydrogens is 232 g/mol.